The molecule has 0 spiro atoms. The van der Waals surface area contributed by atoms with E-state index in [1.807, 2.05) is 43.3 Å². The largest absolute Gasteiger partial charge is 0.486 e. The van der Waals surface area contributed by atoms with Crippen LogP contribution in [0.3, 0.4) is 0 Å². The van der Waals surface area contributed by atoms with Gasteiger partial charge in [-0.3, -0.25) is 0 Å². The molecule has 11 heteroatoms. The maximum Gasteiger partial charge on any atom is 0.225 e. The fraction of sp³-hybridized carbons (Fsp3) is 0.417. The standard InChI is InChI=1S/C24H26F5N5O/c1-34(2)23-15-5-3-4-6-16(15)32-24(33-23)31-14-9-7-13(8-10-14)30-11-12-35-22-20(28)18(26)17(25)19(27)21(22)29/h3-6,13-14,30H,7-12H2,1-2H3,(H,31,32,33). The maximum absolute atomic E-state index is 13.7. The van der Waals surface area contributed by atoms with Crippen molar-refractivity contribution < 1.29 is 26.7 Å². The third-order valence-electron chi connectivity index (χ3n) is 6.02. The first kappa shape index (κ1) is 24.9. The third kappa shape index (κ3) is 5.39. The number of ether oxygens (including phenoxy) is 1. The third-order valence-corrected chi connectivity index (χ3v) is 6.02. The zero-order valence-electron chi connectivity index (χ0n) is 19.3. The first-order valence-electron chi connectivity index (χ1n) is 11.3. The molecule has 3 aromatic rings. The monoisotopic (exact) mass is 495 g/mol. The minimum absolute atomic E-state index is 0.142. The molecule has 0 atom stereocenters. The number of benzene rings is 2. The van der Waals surface area contributed by atoms with Crippen LogP contribution in [0.5, 0.6) is 5.75 Å². The highest BCUT2D eigenvalue weighted by Crippen LogP contribution is 2.29. The first-order chi connectivity index (χ1) is 16.8. The Morgan fingerprint density at radius 1 is 0.857 bits per heavy atom. The van der Waals surface area contributed by atoms with E-state index in [9.17, 15) is 22.0 Å². The van der Waals surface area contributed by atoms with Gasteiger partial charge in [0.15, 0.2) is 5.75 Å². The Morgan fingerprint density at radius 2 is 1.46 bits per heavy atom. The van der Waals surface area contributed by atoms with Crippen molar-refractivity contribution in [1.29, 1.82) is 0 Å². The summed E-state index contributed by atoms with van der Waals surface area (Å²) in [5, 5.41) is 7.60. The number of fused-ring (bicyclic) bond motifs is 1. The molecule has 0 aliphatic heterocycles. The van der Waals surface area contributed by atoms with Gasteiger partial charge in [0.2, 0.25) is 35.0 Å². The van der Waals surface area contributed by atoms with Crippen LogP contribution in [-0.2, 0) is 0 Å². The molecule has 4 rings (SSSR count). The Bertz CT molecular complexity index is 1170. The quantitative estimate of drug-likeness (QED) is 0.203. The molecule has 1 saturated carbocycles. The van der Waals surface area contributed by atoms with Crippen LogP contribution < -0.4 is 20.3 Å². The van der Waals surface area contributed by atoms with E-state index < -0.39 is 34.8 Å². The molecule has 6 nitrogen and oxygen atoms in total. The molecule has 1 aliphatic carbocycles. The van der Waals surface area contributed by atoms with Gasteiger partial charge in [-0.1, -0.05) is 12.1 Å². The van der Waals surface area contributed by atoms with E-state index >= 15 is 0 Å². The minimum Gasteiger partial charge on any atom is -0.486 e. The van der Waals surface area contributed by atoms with Gasteiger partial charge in [-0.2, -0.15) is 13.8 Å². The zero-order chi connectivity index (χ0) is 25.1. The molecule has 0 saturated heterocycles. The van der Waals surface area contributed by atoms with E-state index in [-0.39, 0.29) is 25.2 Å². The van der Waals surface area contributed by atoms with Crippen LogP contribution in [0.25, 0.3) is 10.9 Å². The summed E-state index contributed by atoms with van der Waals surface area (Å²) in [7, 11) is 3.87. The van der Waals surface area contributed by atoms with E-state index in [0.29, 0.717) is 5.95 Å². The molecule has 1 aromatic heterocycles. The number of hydrogen-bond donors (Lipinski definition) is 2. The van der Waals surface area contributed by atoms with Crippen molar-refractivity contribution in [2.24, 2.45) is 0 Å². The molecule has 1 aliphatic rings. The van der Waals surface area contributed by atoms with Crippen LogP contribution >= 0.6 is 0 Å². The number of aromatic nitrogens is 2. The van der Waals surface area contributed by atoms with E-state index in [2.05, 4.69) is 20.6 Å². The van der Waals surface area contributed by atoms with Gasteiger partial charge in [0, 0.05) is 38.1 Å². The van der Waals surface area contributed by atoms with E-state index in [1.165, 1.54) is 0 Å². The summed E-state index contributed by atoms with van der Waals surface area (Å²) in [6.07, 6.45) is 3.36. The van der Waals surface area contributed by atoms with Crippen LogP contribution in [-0.4, -0.2) is 49.3 Å². The molecule has 1 heterocycles. The molecule has 188 valence electrons. The molecule has 2 aromatic carbocycles. The highest BCUT2D eigenvalue weighted by Gasteiger charge is 2.27. The molecule has 2 N–H and O–H groups in total. The lowest BCUT2D eigenvalue weighted by atomic mass is 9.91. The predicted octanol–water partition coefficient (Wildman–Crippen LogP) is 4.78. The second kappa shape index (κ2) is 10.6. The van der Waals surface area contributed by atoms with Crippen molar-refractivity contribution in [2.75, 3.05) is 37.5 Å². The average Bonchev–Trinajstić information content (AvgIpc) is 2.86. The zero-order valence-corrected chi connectivity index (χ0v) is 19.3. The molecule has 0 amide bonds. The number of nitrogens with zero attached hydrogens (tertiary/aromatic N) is 3. The van der Waals surface area contributed by atoms with Gasteiger partial charge in [-0.25, -0.2) is 18.2 Å². The van der Waals surface area contributed by atoms with Gasteiger partial charge < -0.3 is 20.3 Å². The Hall–Kier alpha value is -3.21. The van der Waals surface area contributed by atoms with E-state index in [1.54, 1.807) is 0 Å². The predicted molar refractivity (Wildman–Crippen MR) is 123 cm³/mol. The fourth-order valence-corrected chi connectivity index (χ4v) is 4.22. The number of para-hydroxylation sites is 1. The van der Waals surface area contributed by atoms with Crippen molar-refractivity contribution in [3.8, 4) is 5.75 Å². The Morgan fingerprint density at radius 3 is 2.11 bits per heavy atom. The highest BCUT2D eigenvalue weighted by molar-refractivity contribution is 5.90. The molecule has 1 fully saturated rings. The topological polar surface area (TPSA) is 62.3 Å². The number of rotatable bonds is 8. The van der Waals surface area contributed by atoms with Crippen molar-refractivity contribution in [1.82, 2.24) is 15.3 Å². The van der Waals surface area contributed by atoms with Gasteiger partial charge in [0.05, 0.1) is 5.52 Å². The van der Waals surface area contributed by atoms with Gasteiger partial charge >= 0.3 is 0 Å². The van der Waals surface area contributed by atoms with Gasteiger partial charge in [0.25, 0.3) is 0 Å². The van der Waals surface area contributed by atoms with E-state index in [4.69, 9.17) is 4.74 Å². The lowest BCUT2D eigenvalue weighted by Gasteiger charge is -2.30. The molecular weight excluding hydrogens is 469 g/mol. The summed E-state index contributed by atoms with van der Waals surface area (Å²) >= 11 is 0. The van der Waals surface area contributed by atoms with Crippen molar-refractivity contribution in [3.63, 3.8) is 0 Å². The van der Waals surface area contributed by atoms with Crippen LogP contribution in [0.1, 0.15) is 25.7 Å². The van der Waals surface area contributed by atoms with Crippen molar-refractivity contribution in [2.45, 2.75) is 37.8 Å². The molecule has 35 heavy (non-hydrogen) atoms. The Kier molecular flexibility index (Phi) is 7.54. The lowest BCUT2D eigenvalue weighted by Crippen LogP contribution is -2.39. The summed E-state index contributed by atoms with van der Waals surface area (Å²) in [4.78, 5) is 11.3. The first-order valence-corrected chi connectivity index (χ1v) is 11.3. The van der Waals surface area contributed by atoms with Crippen LogP contribution in [0, 0.1) is 29.1 Å². The summed E-state index contributed by atoms with van der Waals surface area (Å²) in [6.45, 7) is -0.0446. The van der Waals surface area contributed by atoms with E-state index in [0.717, 1.165) is 42.4 Å². The minimum atomic E-state index is -2.21. The van der Waals surface area contributed by atoms with Gasteiger partial charge in [0.1, 0.15) is 12.4 Å². The number of hydrogen-bond acceptors (Lipinski definition) is 6. The second-order valence-corrected chi connectivity index (χ2v) is 8.68. The molecule has 0 bridgehead atoms. The van der Waals surface area contributed by atoms with Crippen LogP contribution in [0.15, 0.2) is 24.3 Å². The van der Waals surface area contributed by atoms with Crippen molar-refractivity contribution >= 4 is 22.7 Å². The van der Waals surface area contributed by atoms with Crippen LogP contribution in [0.2, 0.25) is 0 Å². The molecular formula is C24H26F5N5O. The average molecular weight is 495 g/mol. The molecule has 0 unspecified atom stereocenters. The Balaban J connectivity index is 1.27. The number of anilines is 2. The second-order valence-electron chi connectivity index (χ2n) is 8.68. The summed E-state index contributed by atoms with van der Waals surface area (Å²) in [5.74, 6) is -10.0. The van der Waals surface area contributed by atoms with Crippen molar-refractivity contribution in [3.05, 3.63) is 53.4 Å². The molecule has 0 radical (unpaired) electrons. The lowest BCUT2D eigenvalue weighted by molar-refractivity contribution is 0.250. The highest BCUT2D eigenvalue weighted by atomic mass is 19.2. The van der Waals surface area contributed by atoms with Crippen LogP contribution in [0.4, 0.5) is 33.7 Å². The smallest absolute Gasteiger partial charge is 0.225 e. The normalized spacial score (nSPS) is 18.0. The summed E-state index contributed by atoms with van der Waals surface area (Å²) < 4.78 is 71.8. The summed E-state index contributed by atoms with van der Waals surface area (Å²) in [5.41, 5.74) is 0.859. The fourth-order valence-electron chi connectivity index (χ4n) is 4.22. The summed E-state index contributed by atoms with van der Waals surface area (Å²) in [6, 6.07) is 8.15. The van der Waals surface area contributed by atoms with Gasteiger partial charge in [-0.15, -0.1) is 0 Å². The SMILES string of the molecule is CN(C)c1nc(NC2CCC(NCCOc3c(F)c(F)c(F)c(F)c3F)CC2)nc2ccccc12. The number of halogens is 5. The Labute approximate surface area is 199 Å². The maximum atomic E-state index is 13.7. The van der Waals surface area contributed by atoms with Gasteiger partial charge in [-0.05, 0) is 37.8 Å². The number of nitrogens with one attached hydrogen (secondary N) is 2.